The molecule has 1 aromatic rings. The maximum absolute atomic E-state index is 6.03. The van der Waals surface area contributed by atoms with Gasteiger partial charge < -0.3 is 0 Å². The van der Waals surface area contributed by atoms with Gasteiger partial charge in [-0.15, -0.1) is 0 Å². The van der Waals surface area contributed by atoms with Crippen LogP contribution in [0.4, 0.5) is 0 Å². The summed E-state index contributed by atoms with van der Waals surface area (Å²) in [6.07, 6.45) is 6.33. The van der Waals surface area contributed by atoms with Gasteiger partial charge in [-0.3, -0.25) is 4.99 Å². The molecule has 0 spiro atoms. The Morgan fingerprint density at radius 2 is 1.89 bits per heavy atom. The molecule has 0 heterocycles. The van der Waals surface area contributed by atoms with Crippen LogP contribution in [0.1, 0.15) is 25.0 Å². The standard InChI is InChI=1S/C17H18ClN/c1-5-14-12(3)16(8-9-17(14)19-4)15-7-6-13(18)10-11(15)2/h5-10H,1-4H3/b14-5-,19-17?. The van der Waals surface area contributed by atoms with Crippen LogP contribution >= 0.6 is 11.6 Å². The van der Waals surface area contributed by atoms with Gasteiger partial charge in [0.1, 0.15) is 0 Å². The molecule has 0 atom stereocenters. The first-order chi connectivity index (χ1) is 9.08. The predicted molar refractivity (Wildman–Crippen MR) is 85.0 cm³/mol. The number of allylic oxidation sites excluding steroid dienone is 6. The molecule has 0 saturated heterocycles. The Balaban J connectivity index is 2.60. The fourth-order valence-corrected chi connectivity index (χ4v) is 2.72. The van der Waals surface area contributed by atoms with Gasteiger partial charge in [0, 0.05) is 12.1 Å². The minimum Gasteiger partial charge on any atom is -0.288 e. The molecule has 2 rings (SSSR count). The zero-order chi connectivity index (χ0) is 14.0. The van der Waals surface area contributed by atoms with Crippen LogP contribution in [0.2, 0.25) is 5.02 Å². The van der Waals surface area contributed by atoms with Gasteiger partial charge in [-0.1, -0.05) is 29.8 Å². The molecule has 0 saturated carbocycles. The van der Waals surface area contributed by atoms with Crippen molar-refractivity contribution in [3.05, 3.63) is 63.7 Å². The summed E-state index contributed by atoms with van der Waals surface area (Å²) in [5.41, 5.74) is 7.17. The third-order valence-electron chi connectivity index (χ3n) is 3.50. The van der Waals surface area contributed by atoms with Crippen molar-refractivity contribution in [2.45, 2.75) is 20.8 Å². The third-order valence-corrected chi connectivity index (χ3v) is 3.74. The van der Waals surface area contributed by atoms with Gasteiger partial charge in [-0.2, -0.15) is 0 Å². The summed E-state index contributed by atoms with van der Waals surface area (Å²) in [7, 11) is 1.83. The van der Waals surface area contributed by atoms with E-state index in [-0.39, 0.29) is 0 Å². The Bertz CT molecular complexity index is 631. The highest BCUT2D eigenvalue weighted by atomic mass is 35.5. The maximum Gasteiger partial charge on any atom is 0.0642 e. The zero-order valence-corrected chi connectivity index (χ0v) is 12.5. The molecule has 1 aliphatic carbocycles. The first kappa shape index (κ1) is 13.8. The predicted octanol–water partition coefficient (Wildman–Crippen LogP) is 5.01. The van der Waals surface area contributed by atoms with Crippen LogP contribution in [0.5, 0.6) is 0 Å². The van der Waals surface area contributed by atoms with E-state index in [1.54, 1.807) is 0 Å². The summed E-state index contributed by atoms with van der Waals surface area (Å²) in [5.74, 6) is 0. The van der Waals surface area contributed by atoms with Crippen molar-refractivity contribution >= 4 is 22.9 Å². The van der Waals surface area contributed by atoms with Crippen molar-refractivity contribution in [2.75, 3.05) is 7.05 Å². The van der Waals surface area contributed by atoms with Crippen LogP contribution in [0.25, 0.3) is 5.57 Å². The minimum absolute atomic E-state index is 0.779. The highest BCUT2D eigenvalue weighted by Gasteiger charge is 2.16. The average Bonchev–Trinajstić information content (AvgIpc) is 2.39. The molecule has 98 valence electrons. The van der Waals surface area contributed by atoms with Crippen LogP contribution in [0.15, 0.2) is 52.6 Å². The molecule has 0 radical (unpaired) electrons. The summed E-state index contributed by atoms with van der Waals surface area (Å²) in [6.45, 7) is 6.29. The molecule has 1 aromatic carbocycles. The lowest BCUT2D eigenvalue weighted by Gasteiger charge is -2.19. The van der Waals surface area contributed by atoms with Crippen LogP contribution < -0.4 is 0 Å². The van der Waals surface area contributed by atoms with Crippen molar-refractivity contribution in [3.63, 3.8) is 0 Å². The molecule has 0 amide bonds. The number of hydrogen-bond acceptors (Lipinski definition) is 1. The zero-order valence-electron chi connectivity index (χ0n) is 11.8. The number of benzene rings is 1. The highest BCUT2D eigenvalue weighted by Crippen LogP contribution is 2.32. The maximum atomic E-state index is 6.03. The monoisotopic (exact) mass is 271 g/mol. The fraction of sp³-hybridized carbons (Fsp3) is 0.235. The lowest BCUT2D eigenvalue weighted by molar-refractivity contribution is 1.35. The van der Waals surface area contributed by atoms with Gasteiger partial charge in [0.05, 0.1) is 5.71 Å². The second-order valence-electron chi connectivity index (χ2n) is 4.64. The normalized spacial score (nSPS) is 19.6. The van der Waals surface area contributed by atoms with E-state index in [1.165, 1.54) is 27.8 Å². The van der Waals surface area contributed by atoms with Gasteiger partial charge in [-0.25, -0.2) is 0 Å². The second-order valence-corrected chi connectivity index (χ2v) is 5.08. The summed E-state index contributed by atoms with van der Waals surface area (Å²) < 4.78 is 0. The first-order valence-electron chi connectivity index (χ1n) is 6.37. The smallest absolute Gasteiger partial charge is 0.0642 e. The van der Waals surface area contributed by atoms with Crippen molar-refractivity contribution in [1.29, 1.82) is 0 Å². The molecule has 0 bridgehead atoms. The van der Waals surface area contributed by atoms with Crippen molar-refractivity contribution in [1.82, 2.24) is 0 Å². The SMILES string of the molecule is C/C=C1\C(=NC)C=CC(c2ccc(Cl)cc2C)=C1C. The third kappa shape index (κ3) is 2.57. The Morgan fingerprint density at radius 1 is 1.16 bits per heavy atom. The topological polar surface area (TPSA) is 12.4 Å². The Labute approximate surface area is 120 Å². The molecule has 2 heteroatoms. The number of aliphatic imine (C=N–C) groups is 1. The van der Waals surface area contributed by atoms with E-state index in [4.69, 9.17) is 11.6 Å². The van der Waals surface area contributed by atoms with E-state index in [0.717, 1.165) is 10.7 Å². The summed E-state index contributed by atoms with van der Waals surface area (Å²) >= 11 is 6.03. The Hall–Kier alpha value is -1.60. The average molecular weight is 272 g/mol. The van der Waals surface area contributed by atoms with Crippen molar-refractivity contribution < 1.29 is 0 Å². The van der Waals surface area contributed by atoms with Gasteiger partial charge in [0.25, 0.3) is 0 Å². The van der Waals surface area contributed by atoms with Crippen molar-refractivity contribution in [3.8, 4) is 0 Å². The lowest BCUT2D eigenvalue weighted by Crippen LogP contribution is -2.07. The number of aryl methyl sites for hydroxylation is 1. The van der Waals surface area contributed by atoms with Crippen LogP contribution in [0, 0.1) is 6.92 Å². The molecular formula is C17H18ClN. The van der Waals surface area contributed by atoms with E-state index < -0.39 is 0 Å². The molecular weight excluding hydrogens is 254 g/mol. The lowest BCUT2D eigenvalue weighted by atomic mass is 9.86. The first-order valence-corrected chi connectivity index (χ1v) is 6.75. The highest BCUT2D eigenvalue weighted by molar-refractivity contribution is 6.30. The molecule has 1 nitrogen and oxygen atoms in total. The summed E-state index contributed by atoms with van der Waals surface area (Å²) in [6, 6.07) is 6.03. The Kier molecular flexibility index (Phi) is 4.06. The molecule has 19 heavy (non-hydrogen) atoms. The number of hydrogen-bond donors (Lipinski definition) is 0. The van der Waals surface area contributed by atoms with Gasteiger partial charge in [-0.05, 0) is 66.8 Å². The van der Waals surface area contributed by atoms with Gasteiger partial charge in [0.15, 0.2) is 0 Å². The molecule has 0 fully saturated rings. The molecule has 0 N–H and O–H groups in total. The summed E-state index contributed by atoms with van der Waals surface area (Å²) in [4.78, 5) is 4.32. The summed E-state index contributed by atoms with van der Waals surface area (Å²) in [5, 5.41) is 0.779. The van der Waals surface area contributed by atoms with E-state index in [9.17, 15) is 0 Å². The van der Waals surface area contributed by atoms with E-state index >= 15 is 0 Å². The van der Waals surface area contributed by atoms with Crippen LogP contribution in [-0.2, 0) is 0 Å². The van der Waals surface area contributed by atoms with Gasteiger partial charge in [0.2, 0.25) is 0 Å². The van der Waals surface area contributed by atoms with Crippen molar-refractivity contribution in [2.24, 2.45) is 4.99 Å². The minimum atomic E-state index is 0.779. The molecule has 0 aliphatic heterocycles. The molecule has 1 aliphatic rings. The second kappa shape index (κ2) is 5.58. The van der Waals surface area contributed by atoms with E-state index in [2.05, 4.69) is 50.1 Å². The van der Waals surface area contributed by atoms with E-state index in [0.29, 0.717) is 0 Å². The molecule has 0 aromatic heterocycles. The van der Waals surface area contributed by atoms with Gasteiger partial charge >= 0.3 is 0 Å². The number of nitrogens with zero attached hydrogens (tertiary/aromatic N) is 1. The van der Waals surface area contributed by atoms with E-state index in [1.807, 2.05) is 19.2 Å². The van der Waals surface area contributed by atoms with Crippen LogP contribution in [-0.4, -0.2) is 12.8 Å². The molecule has 0 unspecified atom stereocenters. The quantitative estimate of drug-likeness (QED) is 0.681. The van der Waals surface area contributed by atoms with Crippen LogP contribution in [0.3, 0.4) is 0 Å². The number of halogens is 1. The largest absolute Gasteiger partial charge is 0.288 e. The number of rotatable bonds is 1. The fourth-order valence-electron chi connectivity index (χ4n) is 2.49. The Morgan fingerprint density at radius 3 is 2.47 bits per heavy atom.